The van der Waals surface area contributed by atoms with Crippen LogP contribution in [-0.2, 0) is 11.2 Å². The second-order valence-electron chi connectivity index (χ2n) is 6.76. The number of para-hydroxylation sites is 1. The largest absolute Gasteiger partial charge is 0.443 e. The Morgan fingerprint density at radius 3 is 2.48 bits per heavy atom. The van der Waals surface area contributed by atoms with Gasteiger partial charge >= 0.3 is 6.09 Å². The number of carbonyl (C=O) groups is 1. The van der Waals surface area contributed by atoms with Gasteiger partial charge in [-0.2, -0.15) is 0 Å². The van der Waals surface area contributed by atoms with Crippen LogP contribution in [0.2, 0.25) is 0 Å². The smallest absolute Gasteiger partial charge is 0.415 e. The summed E-state index contributed by atoms with van der Waals surface area (Å²) in [5, 5.41) is 0. The quantitative estimate of drug-likeness (QED) is 0.732. The molecule has 0 aromatic heterocycles. The highest BCUT2D eigenvalue weighted by molar-refractivity contribution is 5.90. The van der Waals surface area contributed by atoms with Crippen molar-refractivity contribution in [2.45, 2.75) is 45.2 Å². The number of carbonyl (C=O) groups excluding carboxylic acids is 1. The summed E-state index contributed by atoms with van der Waals surface area (Å²) in [5.41, 5.74) is 2.02. The Balaban J connectivity index is 2.10. The molecule has 2 aromatic carbocycles. The van der Waals surface area contributed by atoms with E-state index in [2.05, 4.69) is 0 Å². The summed E-state index contributed by atoms with van der Waals surface area (Å²) in [4.78, 5) is 14.5. The number of benzene rings is 2. The SMILES string of the molecule is [2H]C1(c2ccccc2)CCc2ccccc2N1C(=O)OC(C)(C)C. The summed E-state index contributed by atoms with van der Waals surface area (Å²) in [6.07, 6.45) is 0.815. The fraction of sp³-hybridized carbons (Fsp3) is 0.350. The van der Waals surface area contributed by atoms with Crippen molar-refractivity contribution >= 4 is 11.8 Å². The van der Waals surface area contributed by atoms with Gasteiger partial charge in [-0.05, 0) is 50.8 Å². The molecule has 1 unspecified atom stereocenters. The molecule has 23 heavy (non-hydrogen) atoms. The number of nitrogens with zero attached hydrogens (tertiary/aromatic N) is 1. The third kappa shape index (κ3) is 3.39. The predicted octanol–water partition coefficient (Wildman–Crippen LogP) is 5.12. The summed E-state index contributed by atoms with van der Waals surface area (Å²) in [6, 6.07) is 16.1. The van der Waals surface area contributed by atoms with Crippen LogP contribution in [0.4, 0.5) is 10.5 Å². The van der Waals surface area contributed by atoms with Crippen molar-refractivity contribution in [3.63, 3.8) is 0 Å². The maximum atomic E-state index is 12.9. The number of aryl methyl sites for hydroxylation is 1. The Hall–Kier alpha value is -2.29. The molecule has 0 saturated carbocycles. The van der Waals surface area contributed by atoms with E-state index in [9.17, 15) is 4.79 Å². The van der Waals surface area contributed by atoms with Gasteiger partial charge in [0.2, 0.25) is 0 Å². The summed E-state index contributed by atoms with van der Waals surface area (Å²) in [6.45, 7) is 5.53. The van der Waals surface area contributed by atoms with Crippen molar-refractivity contribution in [3.05, 3.63) is 65.7 Å². The highest BCUT2D eigenvalue weighted by Gasteiger charge is 2.34. The second-order valence-corrected chi connectivity index (χ2v) is 6.76. The summed E-state index contributed by atoms with van der Waals surface area (Å²) >= 11 is 0. The van der Waals surface area contributed by atoms with Crippen molar-refractivity contribution in [2.24, 2.45) is 0 Å². The molecule has 0 bridgehead atoms. The zero-order valence-corrected chi connectivity index (χ0v) is 13.9. The Bertz CT molecular complexity index is 739. The molecule has 3 rings (SSSR count). The number of anilines is 1. The van der Waals surface area contributed by atoms with Crippen LogP contribution in [0.3, 0.4) is 0 Å². The maximum Gasteiger partial charge on any atom is 0.415 e. The van der Waals surface area contributed by atoms with Crippen LogP contribution < -0.4 is 4.90 Å². The monoisotopic (exact) mass is 310 g/mol. The average molecular weight is 310 g/mol. The first-order valence-corrected chi connectivity index (χ1v) is 7.98. The van der Waals surface area contributed by atoms with Gasteiger partial charge in [0.1, 0.15) is 5.60 Å². The van der Waals surface area contributed by atoms with E-state index in [-0.39, 0.29) is 0 Å². The third-order valence-electron chi connectivity index (χ3n) is 3.82. The van der Waals surface area contributed by atoms with Gasteiger partial charge in [0, 0.05) is 0 Å². The van der Waals surface area contributed by atoms with E-state index in [1.807, 2.05) is 75.4 Å². The lowest BCUT2D eigenvalue weighted by atomic mass is 9.91. The van der Waals surface area contributed by atoms with E-state index in [1.165, 1.54) is 4.90 Å². The van der Waals surface area contributed by atoms with Crippen molar-refractivity contribution < 1.29 is 10.9 Å². The van der Waals surface area contributed by atoms with Crippen LogP contribution in [0.25, 0.3) is 0 Å². The second kappa shape index (κ2) is 6.07. The summed E-state index contributed by atoms with van der Waals surface area (Å²) in [5.74, 6) is 0. The topological polar surface area (TPSA) is 29.5 Å². The first-order valence-electron chi connectivity index (χ1n) is 8.48. The molecule has 0 radical (unpaired) electrons. The summed E-state index contributed by atoms with van der Waals surface area (Å²) < 4.78 is 14.7. The molecule has 3 nitrogen and oxygen atoms in total. The molecule has 1 aliphatic rings. The van der Waals surface area contributed by atoms with Crippen LogP contribution in [0.1, 0.15) is 45.7 Å². The minimum absolute atomic E-state index is 0.478. The van der Waals surface area contributed by atoms with Crippen molar-refractivity contribution in [1.82, 2.24) is 0 Å². The molecule has 1 heterocycles. The molecule has 0 saturated heterocycles. The number of fused-ring (bicyclic) bond motifs is 1. The molecule has 0 fully saturated rings. The molecule has 0 aliphatic carbocycles. The minimum Gasteiger partial charge on any atom is -0.443 e. The maximum absolute atomic E-state index is 12.9. The number of amides is 1. The minimum atomic E-state index is -1.17. The zero-order chi connectivity index (χ0) is 17.4. The Labute approximate surface area is 139 Å². The van der Waals surface area contributed by atoms with Gasteiger partial charge in [0.05, 0.1) is 13.1 Å². The molecule has 1 atom stereocenters. The highest BCUT2D eigenvalue weighted by atomic mass is 16.6. The lowest BCUT2D eigenvalue weighted by Gasteiger charge is -2.38. The van der Waals surface area contributed by atoms with Crippen LogP contribution in [0.5, 0.6) is 0 Å². The first kappa shape index (κ1) is 14.3. The van der Waals surface area contributed by atoms with Crippen molar-refractivity contribution in [1.29, 1.82) is 0 Å². The van der Waals surface area contributed by atoms with E-state index in [0.717, 1.165) is 23.2 Å². The lowest BCUT2D eigenvalue weighted by Crippen LogP contribution is -2.41. The van der Waals surface area contributed by atoms with Gasteiger partial charge in [0.25, 0.3) is 0 Å². The van der Waals surface area contributed by atoms with Crippen LogP contribution >= 0.6 is 0 Å². The average Bonchev–Trinajstić information content (AvgIpc) is 2.53. The molecule has 0 spiro atoms. The molecular formula is C20H23NO2. The molecular weight excluding hydrogens is 286 g/mol. The van der Waals surface area contributed by atoms with Gasteiger partial charge in [-0.15, -0.1) is 0 Å². The molecule has 0 N–H and O–H groups in total. The fourth-order valence-corrected chi connectivity index (χ4v) is 2.87. The number of hydrogen-bond donors (Lipinski definition) is 0. The normalized spacial score (nSPS) is 21.3. The van der Waals surface area contributed by atoms with Gasteiger partial charge in [0.15, 0.2) is 0 Å². The van der Waals surface area contributed by atoms with E-state index in [0.29, 0.717) is 6.42 Å². The molecule has 120 valence electrons. The number of hydrogen-bond acceptors (Lipinski definition) is 2. The van der Waals surface area contributed by atoms with Gasteiger partial charge in [-0.1, -0.05) is 48.5 Å². The van der Waals surface area contributed by atoms with E-state index in [4.69, 9.17) is 6.11 Å². The van der Waals surface area contributed by atoms with Gasteiger partial charge in [-0.3, -0.25) is 4.90 Å². The highest BCUT2D eigenvalue weighted by Crippen LogP contribution is 2.39. The van der Waals surface area contributed by atoms with E-state index >= 15 is 0 Å². The predicted molar refractivity (Wildman–Crippen MR) is 92.7 cm³/mol. The first-order chi connectivity index (χ1) is 11.3. The van der Waals surface area contributed by atoms with Crippen molar-refractivity contribution in [3.8, 4) is 0 Å². The van der Waals surface area contributed by atoms with Gasteiger partial charge in [-0.25, -0.2) is 4.79 Å². The molecule has 1 amide bonds. The third-order valence-corrected chi connectivity index (χ3v) is 3.82. The standard InChI is InChI=1S/C20H23NO2/c1-20(2,3)23-19(22)21-17-12-8-7-11-16(17)13-14-18(21)15-9-5-4-6-10-15/h4-12,18H,13-14H2,1-3H3/i18D. The van der Waals surface area contributed by atoms with E-state index < -0.39 is 17.7 Å². The summed E-state index contributed by atoms with van der Waals surface area (Å²) in [7, 11) is 0. The number of ether oxygens (including phenoxy) is 1. The molecule has 3 heteroatoms. The fourth-order valence-electron chi connectivity index (χ4n) is 2.87. The van der Waals surface area contributed by atoms with E-state index in [1.54, 1.807) is 0 Å². The van der Waals surface area contributed by atoms with Crippen LogP contribution in [0.15, 0.2) is 54.6 Å². The zero-order valence-electron chi connectivity index (χ0n) is 14.9. The van der Waals surface area contributed by atoms with Gasteiger partial charge < -0.3 is 4.74 Å². The Kier molecular flexibility index (Phi) is 3.78. The Morgan fingerprint density at radius 1 is 1.13 bits per heavy atom. The van der Waals surface area contributed by atoms with Crippen LogP contribution in [-0.4, -0.2) is 11.7 Å². The van der Waals surface area contributed by atoms with Crippen LogP contribution in [0, 0.1) is 0 Å². The van der Waals surface area contributed by atoms with Crippen molar-refractivity contribution in [2.75, 3.05) is 4.90 Å². The number of rotatable bonds is 1. The molecule has 1 aliphatic heterocycles. The Morgan fingerprint density at radius 2 is 1.78 bits per heavy atom. The molecule has 2 aromatic rings. The lowest BCUT2D eigenvalue weighted by molar-refractivity contribution is 0.0560.